The lowest BCUT2D eigenvalue weighted by Gasteiger charge is -2.30. The normalized spacial score (nSPS) is 12.0. The van der Waals surface area contributed by atoms with Gasteiger partial charge in [-0.05, 0) is 67.8 Å². The number of fused-ring (bicyclic) bond motifs is 1. The third-order valence-electron chi connectivity index (χ3n) is 5.74. The van der Waals surface area contributed by atoms with E-state index in [1.807, 2.05) is 31.2 Å². The Kier molecular flexibility index (Phi) is 7.99. The SMILES string of the molecule is CCOc1ccc(N(C(=O)Cn2nnc3ccccc32)[C@@H](C(=O)NCCC(C)C)c2ccco2)cc1. The van der Waals surface area contributed by atoms with Crippen LogP contribution in [-0.4, -0.2) is 40.0 Å². The third-order valence-corrected chi connectivity index (χ3v) is 5.74. The number of amides is 2. The minimum absolute atomic E-state index is 0.107. The lowest BCUT2D eigenvalue weighted by Crippen LogP contribution is -2.45. The summed E-state index contributed by atoms with van der Waals surface area (Å²) in [4.78, 5) is 28.8. The van der Waals surface area contributed by atoms with Crippen LogP contribution in [0.2, 0.25) is 0 Å². The fourth-order valence-electron chi connectivity index (χ4n) is 3.95. The van der Waals surface area contributed by atoms with E-state index < -0.39 is 6.04 Å². The zero-order valence-corrected chi connectivity index (χ0v) is 20.8. The fourth-order valence-corrected chi connectivity index (χ4v) is 3.95. The Balaban J connectivity index is 1.71. The lowest BCUT2D eigenvalue weighted by molar-refractivity contribution is -0.127. The van der Waals surface area contributed by atoms with Crippen molar-refractivity contribution in [2.24, 2.45) is 5.92 Å². The van der Waals surface area contributed by atoms with Crippen molar-refractivity contribution in [1.29, 1.82) is 0 Å². The van der Waals surface area contributed by atoms with Gasteiger partial charge in [0.05, 0.1) is 18.4 Å². The summed E-state index contributed by atoms with van der Waals surface area (Å²) in [6.45, 7) is 6.99. The van der Waals surface area contributed by atoms with E-state index in [1.165, 1.54) is 15.8 Å². The predicted octanol–water partition coefficient (Wildman–Crippen LogP) is 4.36. The van der Waals surface area contributed by atoms with E-state index in [2.05, 4.69) is 29.5 Å². The number of aromatic nitrogens is 3. The number of furan rings is 1. The van der Waals surface area contributed by atoms with Gasteiger partial charge in [0.25, 0.3) is 5.91 Å². The number of benzene rings is 2. The van der Waals surface area contributed by atoms with Crippen molar-refractivity contribution in [3.63, 3.8) is 0 Å². The van der Waals surface area contributed by atoms with Crippen molar-refractivity contribution in [3.05, 3.63) is 72.7 Å². The van der Waals surface area contributed by atoms with Crippen molar-refractivity contribution in [1.82, 2.24) is 20.3 Å². The molecule has 36 heavy (non-hydrogen) atoms. The van der Waals surface area contributed by atoms with Crippen LogP contribution in [0.5, 0.6) is 5.75 Å². The topological polar surface area (TPSA) is 102 Å². The molecular formula is C27H31N5O4. The summed E-state index contributed by atoms with van der Waals surface area (Å²) < 4.78 is 12.8. The summed E-state index contributed by atoms with van der Waals surface area (Å²) in [6, 6.07) is 16.9. The quantitative estimate of drug-likeness (QED) is 0.336. The number of hydrogen-bond donors (Lipinski definition) is 1. The minimum Gasteiger partial charge on any atom is -0.494 e. The first-order chi connectivity index (χ1) is 17.5. The molecule has 0 saturated heterocycles. The van der Waals surface area contributed by atoms with Gasteiger partial charge in [0.15, 0.2) is 6.04 Å². The highest BCUT2D eigenvalue weighted by atomic mass is 16.5. The summed E-state index contributed by atoms with van der Waals surface area (Å²) in [5, 5.41) is 11.3. The number of anilines is 1. The number of ether oxygens (including phenoxy) is 1. The van der Waals surface area contributed by atoms with Gasteiger partial charge in [0.2, 0.25) is 5.91 Å². The molecule has 2 heterocycles. The first-order valence-electron chi connectivity index (χ1n) is 12.1. The average molecular weight is 490 g/mol. The maximum Gasteiger partial charge on any atom is 0.251 e. The molecule has 1 N–H and O–H groups in total. The highest BCUT2D eigenvalue weighted by Crippen LogP contribution is 2.30. The molecule has 0 saturated carbocycles. The van der Waals surface area contributed by atoms with Crippen LogP contribution in [0.3, 0.4) is 0 Å². The Hall–Kier alpha value is -4.14. The summed E-state index contributed by atoms with van der Waals surface area (Å²) in [5.74, 6) is 0.804. The van der Waals surface area contributed by atoms with Crippen LogP contribution >= 0.6 is 0 Å². The highest BCUT2D eigenvalue weighted by Gasteiger charge is 2.35. The van der Waals surface area contributed by atoms with Gasteiger partial charge in [0.1, 0.15) is 23.6 Å². The standard InChI is InChI=1S/C27H31N5O4/c1-4-35-21-13-11-20(12-14-21)32(25(33)18-31-23-9-6-5-8-22(23)29-30-31)26(24-10-7-17-36-24)27(34)28-16-15-19(2)3/h5-14,17,19,26H,4,15-16,18H2,1-3H3,(H,28,34)/t26-/m1/s1. The molecule has 2 amide bonds. The van der Waals surface area contributed by atoms with Gasteiger partial charge in [-0.3, -0.25) is 14.5 Å². The van der Waals surface area contributed by atoms with E-state index in [4.69, 9.17) is 9.15 Å². The highest BCUT2D eigenvalue weighted by molar-refractivity contribution is 6.01. The molecule has 4 aromatic rings. The Morgan fingerprint density at radius 3 is 2.56 bits per heavy atom. The van der Waals surface area contributed by atoms with Gasteiger partial charge in [-0.2, -0.15) is 0 Å². The third kappa shape index (κ3) is 5.73. The Labute approximate surface area is 210 Å². The first-order valence-corrected chi connectivity index (χ1v) is 12.1. The molecule has 0 fully saturated rings. The van der Waals surface area contributed by atoms with E-state index in [0.29, 0.717) is 41.8 Å². The molecule has 0 aliphatic heterocycles. The molecule has 0 aliphatic rings. The lowest BCUT2D eigenvalue weighted by atomic mass is 10.1. The predicted molar refractivity (Wildman–Crippen MR) is 137 cm³/mol. The van der Waals surface area contributed by atoms with Crippen LogP contribution in [0.4, 0.5) is 5.69 Å². The van der Waals surface area contributed by atoms with Gasteiger partial charge in [-0.25, -0.2) is 4.68 Å². The van der Waals surface area contributed by atoms with Gasteiger partial charge < -0.3 is 14.5 Å². The van der Waals surface area contributed by atoms with Crippen molar-refractivity contribution in [2.75, 3.05) is 18.1 Å². The molecule has 0 aliphatic carbocycles. The summed E-state index contributed by atoms with van der Waals surface area (Å²) in [6.07, 6.45) is 2.31. The number of carbonyl (C=O) groups is 2. The largest absolute Gasteiger partial charge is 0.494 e. The molecule has 9 nitrogen and oxygen atoms in total. The molecular weight excluding hydrogens is 458 g/mol. The Morgan fingerprint density at radius 1 is 1.08 bits per heavy atom. The van der Waals surface area contributed by atoms with E-state index in [9.17, 15) is 9.59 Å². The molecule has 0 unspecified atom stereocenters. The second-order valence-electron chi connectivity index (χ2n) is 8.82. The molecule has 9 heteroatoms. The number of nitrogens with one attached hydrogen (secondary N) is 1. The Morgan fingerprint density at radius 2 is 1.86 bits per heavy atom. The molecule has 2 aromatic heterocycles. The smallest absolute Gasteiger partial charge is 0.251 e. The number of hydrogen-bond acceptors (Lipinski definition) is 6. The van der Waals surface area contributed by atoms with Crippen molar-refractivity contribution in [2.45, 2.75) is 39.8 Å². The van der Waals surface area contributed by atoms with Crippen molar-refractivity contribution in [3.8, 4) is 5.75 Å². The zero-order chi connectivity index (χ0) is 25.5. The van der Waals surface area contributed by atoms with Gasteiger partial charge in [-0.15, -0.1) is 5.10 Å². The molecule has 188 valence electrons. The molecule has 0 radical (unpaired) electrons. The second-order valence-corrected chi connectivity index (χ2v) is 8.82. The fraction of sp³-hybridized carbons (Fsp3) is 0.333. The van der Waals surface area contributed by atoms with Gasteiger partial charge >= 0.3 is 0 Å². The van der Waals surface area contributed by atoms with Crippen molar-refractivity contribution < 1.29 is 18.7 Å². The number of para-hydroxylation sites is 1. The second kappa shape index (κ2) is 11.5. The maximum absolute atomic E-state index is 13.9. The van der Waals surface area contributed by atoms with E-state index in [1.54, 1.807) is 36.4 Å². The molecule has 0 spiro atoms. The molecule has 1 atom stereocenters. The van der Waals surface area contributed by atoms with Gasteiger partial charge in [0, 0.05) is 12.2 Å². The van der Waals surface area contributed by atoms with Crippen LogP contribution < -0.4 is 15.0 Å². The van der Waals surface area contributed by atoms with Crippen LogP contribution in [-0.2, 0) is 16.1 Å². The number of nitrogens with zero attached hydrogens (tertiary/aromatic N) is 4. The van der Waals surface area contributed by atoms with Crippen LogP contribution in [0.1, 0.15) is 39.0 Å². The van der Waals surface area contributed by atoms with Crippen LogP contribution in [0.25, 0.3) is 11.0 Å². The number of carbonyl (C=O) groups excluding carboxylic acids is 2. The monoisotopic (exact) mass is 489 g/mol. The average Bonchev–Trinajstić information content (AvgIpc) is 3.54. The summed E-state index contributed by atoms with van der Waals surface area (Å²) >= 11 is 0. The van der Waals surface area contributed by atoms with Crippen molar-refractivity contribution >= 4 is 28.5 Å². The zero-order valence-electron chi connectivity index (χ0n) is 20.8. The molecule has 2 aromatic carbocycles. The van der Waals surface area contributed by atoms with Crippen LogP contribution in [0.15, 0.2) is 71.3 Å². The summed E-state index contributed by atoms with van der Waals surface area (Å²) in [7, 11) is 0. The summed E-state index contributed by atoms with van der Waals surface area (Å²) in [5.41, 5.74) is 1.95. The van der Waals surface area contributed by atoms with E-state index in [-0.39, 0.29) is 18.4 Å². The number of rotatable bonds is 11. The van der Waals surface area contributed by atoms with E-state index in [0.717, 1.165) is 11.9 Å². The van der Waals surface area contributed by atoms with E-state index >= 15 is 0 Å². The Bertz CT molecular complexity index is 1280. The minimum atomic E-state index is -1.01. The molecule has 4 rings (SSSR count). The first kappa shape index (κ1) is 25.0. The maximum atomic E-state index is 13.9. The molecule has 0 bridgehead atoms. The van der Waals surface area contributed by atoms with Gasteiger partial charge in [-0.1, -0.05) is 31.2 Å². The van der Waals surface area contributed by atoms with Crippen LogP contribution in [0, 0.1) is 5.92 Å².